The Morgan fingerprint density at radius 1 is 1.32 bits per heavy atom. The first-order valence-electron chi connectivity index (χ1n) is 7.07. The van der Waals surface area contributed by atoms with Crippen LogP contribution in [-0.4, -0.2) is 52.1 Å². The molecule has 0 aromatic heterocycles. The molecule has 0 aromatic rings. The van der Waals surface area contributed by atoms with Gasteiger partial charge in [-0.1, -0.05) is 25.5 Å². The van der Waals surface area contributed by atoms with Crippen LogP contribution in [0.1, 0.15) is 39.0 Å². The number of hydrogen-bond donors (Lipinski definition) is 1. The van der Waals surface area contributed by atoms with Gasteiger partial charge in [-0.3, -0.25) is 0 Å². The molecule has 1 fully saturated rings. The van der Waals surface area contributed by atoms with Crippen molar-refractivity contribution in [3.8, 4) is 0 Å². The first kappa shape index (κ1) is 13.9. The van der Waals surface area contributed by atoms with Crippen LogP contribution in [0.25, 0.3) is 0 Å². The highest BCUT2D eigenvalue weighted by molar-refractivity contribution is 5.87. The third-order valence-electron chi connectivity index (χ3n) is 4.11. The fourth-order valence-electron chi connectivity index (χ4n) is 3.15. The minimum atomic E-state index is -0.979. The van der Waals surface area contributed by atoms with Crippen molar-refractivity contribution in [2.24, 2.45) is 0 Å². The van der Waals surface area contributed by atoms with E-state index in [0.29, 0.717) is 32.5 Å². The normalized spacial score (nSPS) is 26.8. The van der Waals surface area contributed by atoms with E-state index in [1.54, 1.807) is 9.80 Å². The van der Waals surface area contributed by atoms with Crippen molar-refractivity contribution in [3.05, 3.63) is 12.2 Å². The molecule has 0 aliphatic carbocycles. The summed E-state index contributed by atoms with van der Waals surface area (Å²) in [7, 11) is 0. The molecule has 1 unspecified atom stereocenters. The average molecular weight is 266 g/mol. The van der Waals surface area contributed by atoms with Crippen LogP contribution >= 0.6 is 0 Å². The molecule has 1 saturated heterocycles. The predicted octanol–water partition coefficient (Wildman–Crippen LogP) is 2.09. The lowest BCUT2D eigenvalue weighted by molar-refractivity contribution is -0.148. The molecular formula is C14H22N2O3. The van der Waals surface area contributed by atoms with Gasteiger partial charge in [-0.15, -0.1) is 0 Å². The van der Waals surface area contributed by atoms with Gasteiger partial charge in [0.05, 0.1) is 0 Å². The zero-order chi connectivity index (χ0) is 13.9. The Morgan fingerprint density at radius 2 is 2.11 bits per heavy atom. The lowest BCUT2D eigenvalue weighted by atomic mass is 9.91. The molecule has 0 aromatic carbocycles. The van der Waals surface area contributed by atoms with Crippen molar-refractivity contribution in [2.45, 2.75) is 44.6 Å². The molecule has 0 spiro atoms. The first-order valence-corrected chi connectivity index (χ1v) is 7.07. The van der Waals surface area contributed by atoms with E-state index in [1.165, 1.54) is 0 Å². The lowest BCUT2D eigenvalue weighted by Gasteiger charge is -2.38. The van der Waals surface area contributed by atoms with Crippen molar-refractivity contribution in [2.75, 3.05) is 19.6 Å². The number of carbonyl (C=O) groups is 2. The Hall–Kier alpha value is -1.52. The SMILES string of the molecule is CCCC1(C(=O)O)CCCN1C(=O)N1CC=CCC1. The van der Waals surface area contributed by atoms with Crippen LogP contribution < -0.4 is 0 Å². The molecule has 1 atom stereocenters. The summed E-state index contributed by atoms with van der Waals surface area (Å²) in [5.74, 6) is -0.854. The van der Waals surface area contributed by atoms with E-state index in [9.17, 15) is 14.7 Å². The van der Waals surface area contributed by atoms with Gasteiger partial charge in [0.25, 0.3) is 0 Å². The third-order valence-corrected chi connectivity index (χ3v) is 4.11. The van der Waals surface area contributed by atoms with Gasteiger partial charge in [0.15, 0.2) is 0 Å². The van der Waals surface area contributed by atoms with E-state index in [2.05, 4.69) is 6.08 Å². The number of carboxylic acid groups (broad SMARTS) is 1. The van der Waals surface area contributed by atoms with E-state index < -0.39 is 11.5 Å². The van der Waals surface area contributed by atoms with Gasteiger partial charge in [-0.25, -0.2) is 9.59 Å². The highest BCUT2D eigenvalue weighted by Crippen LogP contribution is 2.35. The maximum Gasteiger partial charge on any atom is 0.329 e. The number of urea groups is 1. The Morgan fingerprint density at radius 3 is 2.68 bits per heavy atom. The smallest absolute Gasteiger partial charge is 0.329 e. The second kappa shape index (κ2) is 5.63. The molecule has 2 aliphatic heterocycles. The van der Waals surface area contributed by atoms with E-state index in [-0.39, 0.29) is 6.03 Å². The summed E-state index contributed by atoms with van der Waals surface area (Å²) in [6, 6.07) is -0.113. The molecular weight excluding hydrogens is 244 g/mol. The zero-order valence-electron chi connectivity index (χ0n) is 11.5. The fraction of sp³-hybridized carbons (Fsp3) is 0.714. The Kier molecular flexibility index (Phi) is 4.12. The molecule has 0 bridgehead atoms. The Balaban J connectivity index is 2.18. The van der Waals surface area contributed by atoms with Crippen LogP contribution in [0.15, 0.2) is 12.2 Å². The van der Waals surface area contributed by atoms with E-state index in [4.69, 9.17) is 0 Å². The number of likely N-dealkylation sites (tertiary alicyclic amines) is 1. The molecule has 0 saturated carbocycles. The number of hydrogen-bond acceptors (Lipinski definition) is 2. The summed E-state index contributed by atoms with van der Waals surface area (Å²) in [5.41, 5.74) is -0.979. The van der Waals surface area contributed by atoms with Crippen molar-refractivity contribution >= 4 is 12.0 Å². The molecule has 2 amide bonds. The first-order chi connectivity index (χ1) is 9.12. The van der Waals surface area contributed by atoms with Crippen LogP contribution in [0.5, 0.6) is 0 Å². The Labute approximate surface area is 113 Å². The van der Waals surface area contributed by atoms with Gasteiger partial charge in [0, 0.05) is 19.6 Å². The number of rotatable bonds is 3. The standard InChI is InChI=1S/C14H22N2O3/c1-2-7-14(12(17)18)8-6-11-16(14)13(19)15-9-4-3-5-10-15/h3-4H,2,5-11H2,1H3,(H,17,18). The van der Waals surface area contributed by atoms with E-state index in [1.807, 2.05) is 13.0 Å². The van der Waals surface area contributed by atoms with E-state index >= 15 is 0 Å². The van der Waals surface area contributed by atoms with Crippen molar-refractivity contribution < 1.29 is 14.7 Å². The van der Waals surface area contributed by atoms with Gasteiger partial charge < -0.3 is 14.9 Å². The second-order valence-corrected chi connectivity index (χ2v) is 5.33. The minimum Gasteiger partial charge on any atom is -0.479 e. The molecule has 2 heterocycles. The van der Waals surface area contributed by atoms with Gasteiger partial charge >= 0.3 is 12.0 Å². The number of nitrogens with zero attached hydrogens (tertiary/aromatic N) is 2. The van der Waals surface area contributed by atoms with Gasteiger partial charge in [0.2, 0.25) is 0 Å². The summed E-state index contributed by atoms with van der Waals surface area (Å²) in [6.45, 7) is 3.81. The largest absolute Gasteiger partial charge is 0.479 e. The van der Waals surface area contributed by atoms with Gasteiger partial charge in [-0.2, -0.15) is 0 Å². The summed E-state index contributed by atoms with van der Waals surface area (Å²) >= 11 is 0. The summed E-state index contributed by atoms with van der Waals surface area (Å²) < 4.78 is 0. The Bertz CT molecular complexity index is 394. The quantitative estimate of drug-likeness (QED) is 0.796. The third kappa shape index (κ3) is 2.46. The van der Waals surface area contributed by atoms with Crippen LogP contribution in [0.2, 0.25) is 0 Å². The van der Waals surface area contributed by atoms with Crippen LogP contribution in [0, 0.1) is 0 Å². The van der Waals surface area contributed by atoms with Crippen molar-refractivity contribution in [3.63, 3.8) is 0 Å². The highest BCUT2D eigenvalue weighted by atomic mass is 16.4. The summed E-state index contributed by atoms with van der Waals surface area (Å²) in [4.78, 5) is 27.6. The summed E-state index contributed by atoms with van der Waals surface area (Å²) in [5, 5.41) is 9.59. The number of carboxylic acids is 1. The average Bonchev–Trinajstić information content (AvgIpc) is 2.84. The highest BCUT2D eigenvalue weighted by Gasteiger charge is 2.50. The maximum atomic E-state index is 12.5. The van der Waals surface area contributed by atoms with Gasteiger partial charge in [-0.05, 0) is 25.7 Å². The van der Waals surface area contributed by atoms with Gasteiger partial charge in [0.1, 0.15) is 5.54 Å². The predicted molar refractivity (Wildman–Crippen MR) is 71.9 cm³/mol. The molecule has 19 heavy (non-hydrogen) atoms. The number of aliphatic carboxylic acids is 1. The van der Waals surface area contributed by atoms with Crippen LogP contribution in [-0.2, 0) is 4.79 Å². The lowest BCUT2D eigenvalue weighted by Crippen LogP contribution is -2.57. The van der Waals surface area contributed by atoms with Crippen molar-refractivity contribution in [1.82, 2.24) is 9.80 Å². The fourth-order valence-corrected chi connectivity index (χ4v) is 3.15. The molecule has 5 heteroatoms. The van der Waals surface area contributed by atoms with Crippen LogP contribution in [0.4, 0.5) is 4.79 Å². The molecule has 2 aliphatic rings. The molecule has 5 nitrogen and oxygen atoms in total. The van der Waals surface area contributed by atoms with Crippen molar-refractivity contribution in [1.29, 1.82) is 0 Å². The molecule has 0 radical (unpaired) electrons. The molecule has 2 rings (SSSR count). The second-order valence-electron chi connectivity index (χ2n) is 5.33. The molecule has 106 valence electrons. The minimum absolute atomic E-state index is 0.113. The zero-order valence-corrected chi connectivity index (χ0v) is 11.5. The number of amides is 2. The van der Waals surface area contributed by atoms with Crippen LogP contribution in [0.3, 0.4) is 0 Å². The number of carbonyl (C=O) groups excluding carboxylic acids is 1. The molecule has 1 N–H and O–H groups in total. The van der Waals surface area contributed by atoms with E-state index in [0.717, 1.165) is 19.3 Å². The maximum absolute atomic E-state index is 12.5. The monoisotopic (exact) mass is 266 g/mol. The summed E-state index contributed by atoms with van der Waals surface area (Å²) in [6.07, 6.45) is 7.55. The topological polar surface area (TPSA) is 60.9 Å².